The van der Waals surface area contributed by atoms with Gasteiger partial charge in [-0.25, -0.2) is 0 Å². The fraction of sp³-hybridized carbons (Fsp3) is 0.133. The molecule has 2 nitrogen and oxygen atoms in total. The third kappa shape index (κ3) is 2.21. The molecule has 0 aliphatic rings. The molecule has 1 aromatic heterocycles. The van der Waals surface area contributed by atoms with Crippen molar-refractivity contribution in [3.8, 4) is 5.69 Å². The van der Waals surface area contributed by atoms with Crippen molar-refractivity contribution >= 4 is 12.4 Å². The Morgan fingerprint density at radius 3 is 2.47 bits per heavy atom. The van der Waals surface area contributed by atoms with Gasteiger partial charge in [0.1, 0.15) is 6.29 Å². The van der Waals surface area contributed by atoms with Gasteiger partial charge in [0, 0.05) is 17.1 Å². The molecule has 2 heteroatoms. The molecule has 0 atom stereocenters. The zero-order chi connectivity index (χ0) is 12.3. The number of allylic oxidation sites excluding steroid dienone is 1. The van der Waals surface area contributed by atoms with E-state index < -0.39 is 0 Å². The quantitative estimate of drug-likeness (QED) is 0.580. The highest BCUT2D eigenvalue weighted by molar-refractivity contribution is 5.74. The van der Waals surface area contributed by atoms with Crippen molar-refractivity contribution in [1.82, 2.24) is 4.57 Å². The summed E-state index contributed by atoms with van der Waals surface area (Å²) in [4.78, 5) is 10.4. The Kier molecular flexibility index (Phi) is 3.24. The second-order valence-electron chi connectivity index (χ2n) is 3.99. The first-order valence-corrected chi connectivity index (χ1v) is 5.60. The van der Waals surface area contributed by atoms with E-state index in [9.17, 15) is 4.79 Å². The molecule has 0 radical (unpaired) electrons. The topological polar surface area (TPSA) is 22.0 Å². The van der Waals surface area contributed by atoms with Crippen molar-refractivity contribution in [2.24, 2.45) is 0 Å². The molecule has 0 fully saturated rings. The van der Waals surface area contributed by atoms with Crippen LogP contribution in [0, 0.1) is 13.8 Å². The van der Waals surface area contributed by atoms with Gasteiger partial charge >= 0.3 is 0 Å². The minimum absolute atomic E-state index is 0.800. The lowest BCUT2D eigenvalue weighted by molar-refractivity contribution is -0.104. The number of aromatic nitrogens is 1. The smallest absolute Gasteiger partial charge is 0.142 e. The number of benzene rings is 1. The Hall–Kier alpha value is -2.09. The minimum Gasteiger partial charge on any atom is -0.318 e. The number of nitrogens with zero attached hydrogens (tertiary/aromatic N) is 1. The van der Waals surface area contributed by atoms with E-state index in [2.05, 4.69) is 36.6 Å². The molecule has 0 bridgehead atoms. The van der Waals surface area contributed by atoms with Crippen LogP contribution in [0.5, 0.6) is 0 Å². The highest BCUT2D eigenvalue weighted by Gasteiger charge is 2.07. The van der Waals surface area contributed by atoms with Crippen LogP contribution in [0.4, 0.5) is 0 Å². The fourth-order valence-corrected chi connectivity index (χ4v) is 2.07. The Bertz CT molecular complexity index is 550. The van der Waals surface area contributed by atoms with Crippen LogP contribution in [0.2, 0.25) is 0 Å². The molecule has 0 aliphatic carbocycles. The maximum absolute atomic E-state index is 10.4. The van der Waals surface area contributed by atoms with E-state index in [1.165, 1.54) is 11.8 Å². The number of aldehydes is 1. The molecule has 1 aromatic carbocycles. The lowest BCUT2D eigenvalue weighted by atomic mass is 10.2. The molecule has 2 rings (SSSR count). The zero-order valence-corrected chi connectivity index (χ0v) is 10.1. The second-order valence-corrected chi connectivity index (χ2v) is 3.99. The van der Waals surface area contributed by atoms with Crippen molar-refractivity contribution in [2.45, 2.75) is 13.8 Å². The van der Waals surface area contributed by atoms with Crippen LogP contribution < -0.4 is 0 Å². The number of carbonyl (C=O) groups excluding carboxylic acids is 1. The van der Waals surface area contributed by atoms with Crippen molar-refractivity contribution < 1.29 is 4.79 Å². The Balaban J connectivity index is 2.52. The van der Waals surface area contributed by atoms with Crippen molar-refractivity contribution in [3.05, 3.63) is 59.4 Å². The van der Waals surface area contributed by atoms with Gasteiger partial charge in [-0.15, -0.1) is 0 Å². The molecule has 1 heterocycles. The van der Waals surface area contributed by atoms with Gasteiger partial charge in [-0.1, -0.05) is 18.2 Å². The van der Waals surface area contributed by atoms with Crippen LogP contribution in [0.1, 0.15) is 17.0 Å². The molecule has 0 aliphatic heterocycles. The number of hydrogen-bond acceptors (Lipinski definition) is 1. The van der Waals surface area contributed by atoms with E-state index in [1.54, 1.807) is 0 Å². The van der Waals surface area contributed by atoms with Crippen LogP contribution in [0.3, 0.4) is 0 Å². The Morgan fingerprint density at radius 1 is 1.12 bits per heavy atom. The Labute approximate surface area is 101 Å². The standard InChI is InChI=1S/C15H15NO/c1-12-11-14(7-6-10-17)13(2)16(12)15-8-4-3-5-9-15/h3-11H,1-2H3. The summed E-state index contributed by atoms with van der Waals surface area (Å²) in [7, 11) is 0. The summed E-state index contributed by atoms with van der Waals surface area (Å²) in [5.74, 6) is 0. The molecule has 0 spiro atoms. The van der Waals surface area contributed by atoms with Gasteiger partial charge in [-0.3, -0.25) is 4.79 Å². The van der Waals surface area contributed by atoms with Crippen LogP contribution in [-0.2, 0) is 4.79 Å². The minimum atomic E-state index is 0.800. The van der Waals surface area contributed by atoms with Crippen molar-refractivity contribution in [1.29, 1.82) is 0 Å². The highest BCUT2D eigenvalue weighted by Crippen LogP contribution is 2.21. The molecule has 0 saturated carbocycles. The molecule has 17 heavy (non-hydrogen) atoms. The summed E-state index contributed by atoms with van der Waals surface area (Å²) >= 11 is 0. The molecular weight excluding hydrogens is 210 g/mol. The Morgan fingerprint density at radius 2 is 1.82 bits per heavy atom. The molecule has 0 unspecified atom stereocenters. The van der Waals surface area contributed by atoms with Gasteiger partial charge in [-0.2, -0.15) is 0 Å². The highest BCUT2D eigenvalue weighted by atomic mass is 16.1. The van der Waals surface area contributed by atoms with E-state index >= 15 is 0 Å². The third-order valence-corrected chi connectivity index (χ3v) is 2.84. The van der Waals surface area contributed by atoms with Crippen molar-refractivity contribution in [3.63, 3.8) is 0 Å². The third-order valence-electron chi connectivity index (χ3n) is 2.84. The molecule has 0 saturated heterocycles. The fourth-order valence-electron chi connectivity index (χ4n) is 2.07. The first-order valence-electron chi connectivity index (χ1n) is 5.60. The zero-order valence-electron chi connectivity index (χ0n) is 10.1. The summed E-state index contributed by atoms with van der Waals surface area (Å²) in [6, 6.07) is 12.3. The molecule has 0 amide bonds. The maximum Gasteiger partial charge on any atom is 0.142 e. The number of para-hydroxylation sites is 1. The molecule has 0 N–H and O–H groups in total. The maximum atomic E-state index is 10.4. The second kappa shape index (κ2) is 4.83. The number of aryl methyl sites for hydroxylation is 1. The van der Waals surface area contributed by atoms with Crippen LogP contribution in [0.25, 0.3) is 11.8 Å². The monoisotopic (exact) mass is 225 g/mol. The van der Waals surface area contributed by atoms with Gasteiger partial charge < -0.3 is 4.57 Å². The van der Waals surface area contributed by atoms with E-state index in [4.69, 9.17) is 0 Å². The summed E-state index contributed by atoms with van der Waals surface area (Å²) in [5.41, 5.74) is 4.54. The van der Waals surface area contributed by atoms with Crippen LogP contribution >= 0.6 is 0 Å². The van der Waals surface area contributed by atoms with E-state index in [0.717, 1.165) is 23.2 Å². The van der Waals surface area contributed by atoms with Gasteiger partial charge in [0.25, 0.3) is 0 Å². The molecule has 86 valence electrons. The normalized spacial score (nSPS) is 10.9. The van der Waals surface area contributed by atoms with Gasteiger partial charge in [-0.05, 0) is 49.8 Å². The lowest BCUT2D eigenvalue weighted by Crippen LogP contribution is -1.98. The SMILES string of the molecule is Cc1cc(C=CC=O)c(C)n1-c1ccccc1. The summed E-state index contributed by atoms with van der Waals surface area (Å²) in [6.45, 7) is 4.13. The van der Waals surface area contributed by atoms with Gasteiger partial charge in [0.2, 0.25) is 0 Å². The van der Waals surface area contributed by atoms with Crippen molar-refractivity contribution in [2.75, 3.05) is 0 Å². The summed E-state index contributed by atoms with van der Waals surface area (Å²) in [6.07, 6.45) is 4.17. The first kappa shape index (κ1) is 11.4. The summed E-state index contributed by atoms with van der Waals surface area (Å²) in [5, 5.41) is 0. The molecular formula is C15H15NO. The largest absolute Gasteiger partial charge is 0.318 e. The van der Waals surface area contributed by atoms with E-state index in [1.807, 2.05) is 24.3 Å². The average molecular weight is 225 g/mol. The summed E-state index contributed by atoms with van der Waals surface area (Å²) < 4.78 is 2.18. The number of hydrogen-bond donors (Lipinski definition) is 0. The number of carbonyl (C=O) groups is 1. The first-order chi connectivity index (χ1) is 8.24. The van der Waals surface area contributed by atoms with Crippen LogP contribution in [-0.4, -0.2) is 10.9 Å². The predicted molar refractivity (Wildman–Crippen MR) is 70.3 cm³/mol. The lowest BCUT2D eigenvalue weighted by Gasteiger charge is -2.08. The number of rotatable bonds is 3. The average Bonchev–Trinajstić information content (AvgIpc) is 2.63. The van der Waals surface area contributed by atoms with Crippen LogP contribution in [0.15, 0.2) is 42.5 Å². The van der Waals surface area contributed by atoms with E-state index in [-0.39, 0.29) is 0 Å². The molecule has 2 aromatic rings. The van der Waals surface area contributed by atoms with E-state index in [0.29, 0.717) is 0 Å². The van der Waals surface area contributed by atoms with Gasteiger partial charge in [0.15, 0.2) is 0 Å². The van der Waals surface area contributed by atoms with Gasteiger partial charge in [0.05, 0.1) is 0 Å². The predicted octanol–water partition coefficient (Wildman–Crippen LogP) is 3.31.